The maximum Gasteiger partial charge on any atom is 0.337 e. The number of esters is 1. The van der Waals surface area contributed by atoms with Gasteiger partial charge in [-0.05, 0) is 66.8 Å². The predicted octanol–water partition coefficient (Wildman–Crippen LogP) is 6.57. The molecule has 10 heteroatoms. The molecule has 1 fully saturated rings. The van der Waals surface area contributed by atoms with E-state index in [0.29, 0.717) is 34.5 Å². The summed E-state index contributed by atoms with van der Waals surface area (Å²) in [6.07, 6.45) is 4.98. The zero-order chi connectivity index (χ0) is 31.5. The van der Waals surface area contributed by atoms with Gasteiger partial charge in [-0.15, -0.1) is 0 Å². The van der Waals surface area contributed by atoms with E-state index in [1.807, 2.05) is 79.1 Å². The third-order valence-electron chi connectivity index (χ3n) is 8.39. The van der Waals surface area contributed by atoms with Crippen LogP contribution in [0.15, 0.2) is 102 Å². The molecule has 0 spiro atoms. The Balaban J connectivity index is 1.21. The minimum absolute atomic E-state index is 0.0283. The fourth-order valence-electron chi connectivity index (χ4n) is 6.02. The van der Waals surface area contributed by atoms with Crippen molar-refractivity contribution in [2.45, 2.75) is 38.1 Å². The van der Waals surface area contributed by atoms with Gasteiger partial charge in [0.2, 0.25) is 0 Å². The molecule has 1 aliphatic rings. The standard InChI is InChI=1S/C36H34N6O4/c1-45-36(44)25-18-16-23(17-19-25)21-37-26-11-7-12-27-31(26)35(43)41-34(40-27)32(24-9-3-2-4-10-24)39-28-13-8-14-29-33(28)38-22-42(29)30-15-5-6-20-46-30/h2-4,7-14,16-19,22,30,32,37,39H,5-6,15,20-21H2,1H3,(H,40,41,43)/t30?,32-/m0/s1. The van der Waals surface area contributed by atoms with Crippen molar-refractivity contribution in [3.8, 4) is 0 Å². The molecule has 3 heterocycles. The molecule has 10 nitrogen and oxygen atoms in total. The number of methoxy groups -OCH3 is 1. The van der Waals surface area contributed by atoms with Crippen LogP contribution in [0.3, 0.4) is 0 Å². The SMILES string of the molecule is COC(=O)c1ccc(CNc2cccc3nc([C@@H](Nc4cccc5c4ncn5C4CCCCO4)c4ccccc4)[nH]c(=O)c23)cc1. The Labute approximate surface area is 265 Å². The van der Waals surface area contributed by atoms with E-state index in [9.17, 15) is 9.59 Å². The normalized spacial score (nSPS) is 15.5. The average Bonchev–Trinajstić information content (AvgIpc) is 3.55. The molecule has 0 radical (unpaired) electrons. The lowest BCUT2D eigenvalue weighted by Gasteiger charge is -2.24. The number of carbonyl (C=O) groups excluding carboxylic acids is 1. The van der Waals surface area contributed by atoms with Crippen molar-refractivity contribution >= 4 is 39.3 Å². The Bertz CT molecular complexity index is 2050. The first-order valence-corrected chi connectivity index (χ1v) is 15.4. The first kappa shape index (κ1) is 29.2. The maximum absolute atomic E-state index is 13.7. The molecule has 0 bridgehead atoms. The van der Waals surface area contributed by atoms with Gasteiger partial charge in [0.05, 0.1) is 41.1 Å². The molecule has 0 amide bonds. The average molecular weight is 615 g/mol. The van der Waals surface area contributed by atoms with Gasteiger partial charge in [0, 0.05) is 18.8 Å². The van der Waals surface area contributed by atoms with Crippen LogP contribution in [0.5, 0.6) is 0 Å². The highest BCUT2D eigenvalue weighted by atomic mass is 16.5. The number of fused-ring (bicyclic) bond motifs is 2. The summed E-state index contributed by atoms with van der Waals surface area (Å²) >= 11 is 0. The Morgan fingerprint density at radius 2 is 1.80 bits per heavy atom. The van der Waals surface area contributed by atoms with Gasteiger partial charge in [-0.25, -0.2) is 14.8 Å². The van der Waals surface area contributed by atoms with Crippen molar-refractivity contribution in [1.29, 1.82) is 0 Å². The number of rotatable bonds is 9. The van der Waals surface area contributed by atoms with Crippen LogP contribution < -0.4 is 16.2 Å². The second-order valence-electron chi connectivity index (χ2n) is 11.3. The summed E-state index contributed by atoms with van der Waals surface area (Å²) in [6.45, 7) is 1.21. The molecule has 7 rings (SSSR count). The molecular weight excluding hydrogens is 580 g/mol. The zero-order valence-corrected chi connectivity index (χ0v) is 25.4. The monoisotopic (exact) mass is 614 g/mol. The summed E-state index contributed by atoms with van der Waals surface area (Å²) in [7, 11) is 1.36. The number of nitrogens with zero attached hydrogens (tertiary/aromatic N) is 3. The molecule has 2 atom stereocenters. The Morgan fingerprint density at radius 3 is 2.59 bits per heavy atom. The third-order valence-corrected chi connectivity index (χ3v) is 8.39. The Kier molecular flexibility index (Phi) is 8.18. The second kappa shape index (κ2) is 12.9. The molecule has 46 heavy (non-hydrogen) atoms. The van der Waals surface area contributed by atoms with Crippen LogP contribution in [0.1, 0.15) is 58.8 Å². The molecule has 0 aliphatic carbocycles. The van der Waals surface area contributed by atoms with Crippen LogP contribution in [0.25, 0.3) is 21.9 Å². The second-order valence-corrected chi connectivity index (χ2v) is 11.3. The molecule has 1 aliphatic heterocycles. The number of H-pyrrole nitrogens is 1. The number of para-hydroxylation sites is 1. The highest BCUT2D eigenvalue weighted by Gasteiger charge is 2.23. The van der Waals surface area contributed by atoms with Gasteiger partial charge < -0.3 is 29.7 Å². The minimum atomic E-state index is -0.454. The quantitative estimate of drug-likeness (QED) is 0.156. The number of nitrogens with one attached hydrogen (secondary N) is 3. The summed E-state index contributed by atoms with van der Waals surface area (Å²) in [4.78, 5) is 38.3. The van der Waals surface area contributed by atoms with Gasteiger partial charge >= 0.3 is 5.97 Å². The van der Waals surface area contributed by atoms with Crippen molar-refractivity contribution in [2.75, 3.05) is 24.4 Å². The number of imidazole rings is 1. The summed E-state index contributed by atoms with van der Waals surface area (Å²) in [5.74, 6) is 0.108. The lowest BCUT2D eigenvalue weighted by molar-refractivity contribution is -0.0295. The van der Waals surface area contributed by atoms with E-state index in [1.54, 1.807) is 12.1 Å². The highest BCUT2D eigenvalue weighted by Crippen LogP contribution is 2.33. The van der Waals surface area contributed by atoms with E-state index in [1.165, 1.54) is 7.11 Å². The van der Waals surface area contributed by atoms with Gasteiger partial charge in [-0.3, -0.25) is 4.79 Å². The largest absolute Gasteiger partial charge is 0.465 e. The zero-order valence-electron chi connectivity index (χ0n) is 25.4. The van der Waals surface area contributed by atoms with Crippen molar-refractivity contribution in [1.82, 2.24) is 19.5 Å². The highest BCUT2D eigenvalue weighted by molar-refractivity contribution is 5.91. The van der Waals surface area contributed by atoms with Crippen LogP contribution in [0.4, 0.5) is 11.4 Å². The first-order valence-electron chi connectivity index (χ1n) is 15.4. The van der Waals surface area contributed by atoms with Crippen LogP contribution in [-0.2, 0) is 16.0 Å². The van der Waals surface area contributed by atoms with Crippen molar-refractivity contribution < 1.29 is 14.3 Å². The molecule has 3 N–H and O–H groups in total. The topological polar surface area (TPSA) is 123 Å². The molecule has 1 saturated heterocycles. The van der Waals surface area contributed by atoms with Gasteiger partial charge in [0.15, 0.2) is 0 Å². The number of hydrogen-bond donors (Lipinski definition) is 3. The molecular formula is C36H34N6O4. The fraction of sp³-hybridized carbons (Fsp3) is 0.222. The Hall–Kier alpha value is -5.48. The molecule has 6 aromatic rings. The number of hydrogen-bond acceptors (Lipinski definition) is 8. The Morgan fingerprint density at radius 1 is 1.00 bits per heavy atom. The van der Waals surface area contributed by atoms with Gasteiger partial charge in [-0.2, -0.15) is 0 Å². The van der Waals surface area contributed by atoms with Gasteiger partial charge in [0.1, 0.15) is 23.6 Å². The maximum atomic E-state index is 13.7. The van der Waals surface area contributed by atoms with E-state index < -0.39 is 6.04 Å². The molecule has 1 unspecified atom stereocenters. The van der Waals surface area contributed by atoms with E-state index in [2.05, 4.69) is 26.3 Å². The molecule has 232 valence electrons. The molecule has 0 saturated carbocycles. The summed E-state index contributed by atoms with van der Waals surface area (Å²) in [5, 5.41) is 7.48. The number of carbonyl (C=O) groups is 1. The van der Waals surface area contributed by atoms with Crippen LogP contribution in [0.2, 0.25) is 0 Å². The van der Waals surface area contributed by atoms with Gasteiger partial charge in [-0.1, -0.05) is 54.6 Å². The van der Waals surface area contributed by atoms with Crippen LogP contribution in [-0.4, -0.2) is 39.2 Å². The third kappa shape index (κ3) is 5.82. The number of ether oxygens (including phenoxy) is 2. The van der Waals surface area contributed by atoms with E-state index >= 15 is 0 Å². The fourth-order valence-corrected chi connectivity index (χ4v) is 6.02. The summed E-state index contributed by atoms with van der Waals surface area (Å²) in [5.41, 5.74) is 6.01. The summed E-state index contributed by atoms with van der Waals surface area (Å²) in [6, 6.07) is 28.3. The smallest absolute Gasteiger partial charge is 0.337 e. The number of aromatic nitrogens is 4. The van der Waals surface area contributed by atoms with Crippen molar-refractivity contribution in [3.05, 3.63) is 130 Å². The first-order chi connectivity index (χ1) is 22.6. The number of aromatic amines is 1. The lowest BCUT2D eigenvalue weighted by atomic mass is 10.0. The van der Waals surface area contributed by atoms with Crippen molar-refractivity contribution in [2.24, 2.45) is 0 Å². The summed E-state index contributed by atoms with van der Waals surface area (Å²) < 4.78 is 12.9. The molecule has 2 aromatic heterocycles. The number of benzene rings is 4. The number of anilines is 2. The van der Waals surface area contributed by atoms with E-state index in [4.69, 9.17) is 19.4 Å². The van der Waals surface area contributed by atoms with Gasteiger partial charge in [0.25, 0.3) is 5.56 Å². The minimum Gasteiger partial charge on any atom is -0.465 e. The molecule has 4 aromatic carbocycles. The van der Waals surface area contributed by atoms with Crippen LogP contribution >= 0.6 is 0 Å². The van der Waals surface area contributed by atoms with E-state index in [-0.39, 0.29) is 17.8 Å². The van der Waals surface area contributed by atoms with E-state index in [0.717, 1.165) is 53.7 Å². The predicted molar refractivity (Wildman–Crippen MR) is 178 cm³/mol. The lowest BCUT2D eigenvalue weighted by Crippen LogP contribution is -2.21. The van der Waals surface area contributed by atoms with Crippen molar-refractivity contribution in [3.63, 3.8) is 0 Å². The van der Waals surface area contributed by atoms with Crippen LogP contribution in [0, 0.1) is 0 Å².